The Morgan fingerprint density at radius 2 is 1.66 bits per heavy atom. The van der Waals surface area contributed by atoms with Crippen LogP contribution in [0.4, 0.5) is 23.2 Å². The maximum atomic E-state index is 13.7. The number of fused-ring (bicyclic) bond motifs is 1. The Hall–Kier alpha value is -4.53. The van der Waals surface area contributed by atoms with Crippen molar-refractivity contribution in [3.63, 3.8) is 0 Å². The molecule has 0 spiro atoms. The second kappa shape index (κ2) is 8.68. The average Bonchev–Trinajstić information content (AvgIpc) is 3.29. The maximum Gasteiger partial charge on any atom is 0.417 e. The van der Waals surface area contributed by atoms with Gasteiger partial charge in [-0.1, -0.05) is 6.07 Å². The first-order valence-electron chi connectivity index (χ1n) is 10.5. The molecule has 35 heavy (non-hydrogen) atoms. The summed E-state index contributed by atoms with van der Waals surface area (Å²) in [6.07, 6.45) is 2.02. The molecule has 0 saturated heterocycles. The third-order valence-corrected chi connectivity index (χ3v) is 5.49. The largest absolute Gasteiger partial charge is 0.417 e. The fraction of sp³-hybridized carbons (Fsp3) is 0.0385. The lowest BCUT2D eigenvalue weighted by Crippen LogP contribution is -2.19. The monoisotopic (exact) mass is 476 g/mol. The van der Waals surface area contributed by atoms with Gasteiger partial charge in [-0.05, 0) is 66.2 Å². The van der Waals surface area contributed by atoms with Crippen molar-refractivity contribution in [3.05, 3.63) is 108 Å². The fourth-order valence-electron chi connectivity index (χ4n) is 3.85. The molecule has 1 N–H and O–H groups in total. The summed E-state index contributed by atoms with van der Waals surface area (Å²) in [5.74, 6) is -1.49. The zero-order chi connectivity index (χ0) is 24.6. The number of carbonyl (C=O) groups is 1. The van der Waals surface area contributed by atoms with E-state index in [1.807, 2.05) is 16.5 Å². The molecule has 3 heterocycles. The number of amides is 1. The summed E-state index contributed by atoms with van der Waals surface area (Å²) in [7, 11) is 0. The van der Waals surface area contributed by atoms with Crippen LogP contribution >= 0.6 is 0 Å². The van der Waals surface area contributed by atoms with Gasteiger partial charge in [-0.2, -0.15) is 13.2 Å². The van der Waals surface area contributed by atoms with Gasteiger partial charge >= 0.3 is 6.18 Å². The van der Waals surface area contributed by atoms with E-state index in [1.165, 1.54) is 24.3 Å². The standard InChI is InChI=1S/C26H16F4N4O/c27-18-4-6-19(7-5-18)33-25(35)21-14-17(3-8-22(21)26(28,29)30)20-2-1-13-34-23(15-32-24(20)34)16-9-11-31-12-10-16/h1-15H,(H,33,35). The number of hydrogen-bond donors (Lipinski definition) is 1. The number of benzene rings is 2. The quantitative estimate of drug-likeness (QED) is 0.302. The van der Waals surface area contributed by atoms with Crippen LogP contribution in [0.2, 0.25) is 0 Å². The van der Waals surface area contributed by atoms with Crippen molar-refractivity contribution in [2.45, 2.75) is 6.18 Å². The summed E-state index contributed by atoms with van der Waals surface area (Å²) in [5, 5.41) is 2.41. The van der Waals surface area contributed by atoms with Gasteiger partial charge in [-0.3, -0.25) is 14.2 Å². The number of anilines is 1. The lowest BCUT2D eigenvalue weighted by Gasteiger charge is -2.15. The van der Waals surface area contributed by atoms with E-state index in [9.17, 15) is 22.4 Å². The summed E-state index contributed by atoms with van der Waals surface area (Å²) >= 11 is 0. The van der Waals surface area contributed by atoms with Gasteiger partial charge in [0.1, 0.15) is 11.5 Å². The SMILES string of the molecule is O=C(Nc1ccc(F)cc1)c1cc(-c2cccn3c(-c4ccncc4)cnc23)ccc1C(F)(F)F. The Bertz CT molecular complexity index is 1530. The van der Waals surface area contributed by atoms with Crippen LogP contribution in [0.25, 0.3) is 28.0 Å². The van der Waals surface area contributed by atoms with Crippen molar-refractivity contribution in [2.75, 3.05) is 5.32 Å². The molecule has 9 heteroatoms. The molecule has 1 amide bonds. The summed E-state index contributed by atoms with van der Waals surface area (Å²) in [4.78, 5) is 21.4. The molecular formula is C26H16F4N4O. The van der Waals surface area contributed by atoms with Gasteiger partial charge in [0.2, 0.25) is 0 Å². The molecule has 0 aliphatic rings. The van der Waals surface area contributed by atoms with Crippen molar-refractivity contribution in [1.82, 2.24) is 14.4 Å². The molecule has 0 fully saturated rings. The van der Waals surface area contributed by atoms with Gasteiger partial charge in [0.05, 0.1) is 23.0 Å². The Morgan fingerprint density at radius 3 is 2.37 bits per heavy atom. The van der Waals surface area contributed by atoms with Crippen LogP contribution in [-0.2, 0) is 6.18 Å². The molecule has 5 rings (SSSR count). The lowest BCUT2D eigenvalue weighted by atomic mass is 9.98. The summed E-state index contributed by atoms with van der Waals surface area (Å²) in [6, 6.07) is 15.3. The molecule has 0 bridgehead atoms. The minimum atomic E-state index is -4.75. The fourth-order valence-corrected chi connectivity index (χ4v) is 3.85. The van der Waals surface area contributed by atoms with Crippen LogP contribution in [0.1, 0.15) is 15.9 Å². The highest BCUT2D eigenvalue weighted by Crippen LogP contribution is 2.36. The molecule has 0 aliphatic heterocycles. The highest BCUT2D eigenvalue weighted by molar-refractivity contribution is 6.06. The normalized spacial score (nSPS) is 11.5. The van der Waals surface area contributed by atoms with Gasteiger partial charge in [-0.25, -0.2) is 9.37 Å². The van der Waals surface area contributed by atoms with Crippen LogP contribution in [0.3, 0.4) is 0 Å². The Labute approximate surface area is 196 Å². The molecule has 2 aromatic carbocycles. The highest BCUT2D eigenvalue weighted by atomic mass is 19.4. The number of nitrogens with one attached hydrogen (secondary N) is 1. The van der Waals surface area contributed by atoms with E-state index in [2.05, 4.69) is 15.3 Å². The van der Waals surface area contributed by atoms with E-state index in [4.69, 9.17) is 0 Å². The molecular weight excluding hydrogens is 460 g/mol. The van der Waals surface area contributed by atoms with E-state index >= 15 is 0 Å². The summed E-state index contributed by atoms with van der Waals surface area (Å²) in [5.41, 5.74) is 1.66. The number of aromatic nitrogens is 3. The molecule has 0 radical (unpaired) electrons. The van der Waals surface area contributed by atoms with Crippen LogP contribution in [0.15, 0.2) is 91.5 Å². The van der Waals surface area contributed by atoms with Gasteiger partial charge in [0, 0.05) is 35.4 Å². The van der Waals surface area contributed by atoms with E-state index in [0.717, 1.165) is 29.5 Å². The van der Waals surface area contributed by atoms with Crippen LogP contribution in [0, 0.1) is 5.82 Å². The second-order valence-corrected chi connectivity index (χ2v) is 7.71. The summed E-state index contributed by atoms with van der Waals surface area (Å²) < 4.78 is 56.2. The first-order chi connectivity index (χ1) is 16.8. The maximum absolute atomic E-state index is 13.7. The Morgan fingerprint density at radius 1 is 0.914 bits per heavy atom. The second-order valence-electron chi connectivity index (χ2n) is 7.71. The van der Waals surface area contributed by atoms with Gasteiger partial charge in [-0.15, -0.1) is 0 Å². The molecule has 5 nitrogen and oxygen atoms in total. The molecule has 5 aromatic rings. The lowest BCUT2D eigenvalue weighted by molar-refractivity contribution is -0.137. The van der Waals surface area contributed by atoms with E-state index < -0.39 is 29.0 Å². The molecule has 0 saturated carbocycles. The number of nitrogens with zero attached hydrogens (tertiary/aromatic N) is 3. The third kappa shape index (κ3) is 4.35. The number of alkyl halides is 3. The van der Waals surface area contributed by atoms with Crippen LogP contribution < -0.4 is 5.32 Å². The van der Waals surface area contributed by atoms with Gasteiger partial charge in [0.15, 0.2) is 0 Å². The first-order valence-corrected chi connectivity index (χ1v) is 10.5. The molecule has 3 aromatic heterocycles. The topological polar surface area (TPSA) is 59.3 Å². The highest BCUT2D eigenvalue weighted by Gasteiger charge is 2.35. The average molecular weight is 476 g/mol. The number of carbonyl (C=O) groups excluding carboxylic acids is 1. The Kier molecular flexibility index (Phi) is 5.52. The minimum Gasteiger partial charge on any atom is -0.322 e. The predicted molar refractivity (Wildman–Crippen MR) is 123 cm³/mol. The third-order valence-electron chi connectivity index (χ3n) is 5.49. The van der Waals surface area contributed by atoms with Gasteiger partial charge < -0.3 is 5.32 Å². The van der Waals surface area contributed by atoms with E-state index in [1.54, 1.807) is 36.9 Å². The predicted octanol–water partition coefficient (Wildman–Crippen LogP) is 6.47. The number of rotatable bonds is 4. The number of hydrogen-bond acceptors (Lipinski definition) is 3. The number of imidazole rings is 1. The van der Waals surface area contributed by atoms with E-state index in [-0.39, 0.29) is 5.69 Å². The zero-order valence-electron chi connectivity index (χ0n) is 17.9. The summed E-state index contributed by atoms with van der Waals surface area (Å²) in [6.45, 7) is 0. The molecule has 0 unspecified atom stereocenters. The van der Waals surface area contributed by atoms with Crippen molar-refractivity contribution < 1.29 is 22.4 Å². The van der Waals surface area contributed by atoms with Crippen molar-refractivity contribution >= 4 is 17.2 Å². The number of halogens is 4. The van der Waals surface area contributed by atoms with Crippen molar-refractivity contribution in [1.29, 1.82) is 0 Å². The van der Waals surface area contributed by atoms with E-state index in [0.29, 0.717) is 16.8 Å². The first kappa shape index (κ1) is 22.3. The molecule has 0 aliphatic carbocycles. The Balaban J connectivity index is 1.60. The molecule has 0 atom stereocenters. The minimum absolute atomic E-state index is 0.173. The zero-order valence-corrected chi connectivity index (χ0v) is 17.9. The smallest absolute Gasteiger partial charge is 0.322 e. The van der Waals surface area contributed by atoms with Crippen molar-refractivity contribution in [3.8, 4) is 22.4 Å². The van der Waals surface area contributed by atoms with Gasteiger partial charge in [0.25, 0.3) is 5.91 Å². The molecule has 174 valence electrons. The van der Waals surface area contributed by atoms with Crippen molar-refractivity contribution in [2.24, 2.45) is 0 Å². The number of pyridine rings is 2. The van der Waals surface area contributed by atoms with Crippen LogP contribution in [0.5, 0.6) is 0 Å². The van der Waals surface area contributed by atoms with Crippen LogP contribution in [-0.4, -0.2) is 20.3 Å².